The second-order valence-corrected chi connectivity index (χ2v) is 9.75. The van der Waals surface area contributed by atoms with Gasteiger partial charge < -0.3 is 19.5 Å². The second-order valence-electron chi connectivity index (χ2n) is 7.89. The lowest BCUT2D eigenvalue weighted by Crippen LogP contribution is -2.48. The summed E-state index contributed by atoms with van der Waals surface area (Å²) in [6.07, 6.45) is 1.07. The molecule has 1 unspecified atom stereocenters. The van der Waals surface area contributed by atoms with Crippen LogP contribution in [0.4, 0.5) is 5.69 Å². The molecule has 0 aromatic heterocycles. The van der Waals surface area contributed by atoms with Crippen LogP contribution in [0.5, 0.6) is 17.2 Å². The van der Waals surface area contributed by atoms with Crippen molar-refractivity contribution in [2.24, 2.45) is 0 Å². The quantitative estimate of drug-likeness (QED) is 0.576. The van der Waals surface area contributed by atoms with Crippen molar-refractivity contribution in [2.45, 2.75) is 32.7 Å². The Balaban J connectivity index is 1.65. The van der Waals surface area contributed by atoms with Crippen molar-refractivity contribution in [2.75, 3.05) is 36.9 Å². The fourth-order valence-corrected chi connectivity index (χ4v) is 4.72. The number of nitrogens with zero attached hydrogens (tertiary/aromatic N) is 1. The van der Waals surface area contributed by atoms with Crippen LogP contribution in [0.3, 0.4) is 0 Å². The predicted octanol–water partition coefficient (Wildman–Crippen LogP) is 2.93. The van der Waals surface area contributed by atoms with Crippen molar-refractivity contribution in [1.82, 2.24) is 5.32 Å². The molecule has 0 saturated heterocycles. The summed E-state index contributed by atoms with van der Waals surface area (Å²) < 4.78 is 43.0. The SMILES string of the molecule is CC(C)c1ccccc1OCCNC(=O)C(C)N(c1ccc2c(c1)OCCO2)S(C)(=O)=O. The van der Waals surface area contributed by atoms with Crippen molar-refractivity contribution in [3.8, 4) is 17.2 Å². The van der Waals surface area contributed by atoms with Gasteiger partial charge in [-0.05, 0) is 36.6 Å². The van der Waals surface area contributed by atoms with Gasteiger partial charge >= 0.3 is 0 Å². The molecule has 0 aliphatic carbocycles. The van der Waals surface area contributed by atoms with Crippen LogP contribution >= 0.6 is 0 Å². The van der Waals surface area contributed by atoms with Crippen LogP contribution in [0.2, 0.25) is 0 Å². The number of hydrogen-bond donors (Lipinski definition) is 1. The Kier molecular flexibility index (Phi) is 7.50. The van der Waals surface area contributed by atoms with Crippen molar-refractivity contribution in [3.05, 3.63) is 48.0 Å². The molecule has 3 rings (SSSR count). The number of para-hydroxylation sites is 1. The summed E-state index contributed by atoms with van der Waals surface area (Å²) in [4.78, 5) is 12.8. The van der Waals surface area contributed by atoms with Crippen molar-refractivity contribution in [3.63, 3.8) is 0 Å². The molecule has 0 fully saturated rings. The number of amides is 1. The molecule has 32 heavy (non-hydrogen) atoms. The van der Waals surface area contributed by atoms with Gasteiger partial charge in [-0.25, -0.2) is 8.42 Å². The van der Waals surface area contributed by atoms with Crippen LogP contribution in [-0.4, -0.2) is 53.0 Å². The summed E-state index contributed by atoms with van der Waals surface area (Å²) in [5.41, 5.74) is 1.43. The van der Waals surface area contributed by atoms with E-state index in [1.54, 1.807) is 25.1 Å². The van der Waals surface area contributed by atoms with Gasteiger partial charge in [-0.3, -0.25) is 9.10 Å². The molecule has 1 aliphatic heterocycles. The molecule has 1 heterocycles. The normalized spacial score (nSPS) is 14.0. The van der Waals surface area contributed by atoms with Gasteiger partial charge in [0.05, 0.1) is 18.5 Å². The minimum Gasteiger partial charge on any atom is -0.491 e. The summed E-state index contributed by atoms with van der Waals surface area (Å²) in [6, 6.07) is 11.6. The maximum absolute atomic E-state index is 12.8. The van der Waals surface area contributed by atoms with E-state index in [0.717, 1.165) is 21.9 Å². The van der Waals surface area contributed by atoms with E-state index in [4.69, 9.17) is 14.2 Å². The summed E-state index contributed by atoms with van der Waals surface area (Å²) in [7, 11) is -3.73. The zero-order valence-corrected chi connectivity index (χ0v) is 19.6. The lowest BCUT2D eigenvalue weighted by Gasteiger charge is -2.29. The van der Waals surface area contributed by atoms with Crippen LogP contribution in [0, 0.1) is 0 Å². The van der Waals surface area contributed by atoms with Crippen molar-refractivity contribution in [1.29, 1.82) is 0 Å². The number of sulfonamides is 1. The highest BCUT2D eigenvalue weighted by molar-refractivity contribution is 7.92. The van der Waals surface area contributed by atoms with E-state index >= 15 is 0 Å². The lowest BCUT2D eigenvalue weighted by molar-refractivity contribution is -0.121. The summed E-state index contributed by atoms with van der Waals surface area (Å²) in [5, 5.41) is 2.76. The minimum absolute atomic E-state index is 0.244. The van der Waals surface area contributed by atoms with E-state index in [9.17, 15) is 13.2 Å². The summed E-state index contributed by atoms with van der Waals surface area (Å²) in [5.74, 6) is 1.66. The molecule has 2 aromatic rings. The summed E-state index contributed by atoms with van der Waals surface area (Å²) >= 11 is 0. The monoisotopic (exact) mass is 462 g/mol. The molecule has 174 valence electrons. The van der Waals surface area contributed by atoms with Crippen LogP contribution < -0.4 is 23.8 Å². The van der Waals surface area contributed by atoms with Crippen LogP contribution in [-0.2, 0) is 14.8 Å². The molecule has 9 heteroatoms. The molecule has 1 N–H and O–H groups in total. The number of nitrogens with one attached hydrogen (secondary N) is 1. The highest BCUT2D eigenvalue weighted by atomic mass is 32.2. The molecule has 2 aromatic carbocycles. The predicted molar refractivity (Wildman–Crippen MR) is 123 cm³/mol. The van der Waals surface area contributed by atoms with Crippen molar-refractivity contribution >= 4 is 21.6 Å². The number of carbonyl (C=O) groups is 1. The van der Waals surface area contributed by atoms with Crippen LogP contribution in [0.15, 0.2) is 42.5 Å². The Morgan fingerprint density at radius 1 is 1.09 bits per heavy atom. The van der Waals surface area contributed by atoms with Crippen LogP contribution in [0.25, 0.3) is 0 Å². The average Bonchev–Trinajstić information content (AvgIpc) is 2.75. The Morgan fingerprint density at radius 3 is 2.47 bits per heavy atom. The maximum atomic E-state index is 12.8. The third-order valence-corrected chi connectivity index (χ3v) is 6.31. The molecule has 8 nitrogen and oxygen atoms in total. The van der Waals surface area contributed by atoms with E-state index in [1.165, 1.54) is 0 Å². The van der Waals surface area contributed by atoms with Gasteiger partial charge in [-0.2, -0.15) is 0 Å². The minimum atomic E-state index is -3.73. The van der Waals surface area contributed by atoms with E-state index in [2.05, 4.69) is 19.2 Å². The largest absolute Gasteiger partial charge is 0.491 e. The molecule has 0 saturated carbocycles. The maximum Gasteiger partial charge on any atom is 0.243 e. The smallest absolute Gasteiger partial charge is 0.243 e. The van der Waals surface area contributed by atoms with E-state index in [-0.39, 0.29) is 13.2 Å². The Hall–Kier alpha value is -2.94. The lowest BCUT2D eigenvalue weighted by atomic mass is 10.0. The van der Waals surface area contributed by atoms with Crippen LogP contribution in [0.1, 0.15) is 32.3 Å². The van der Waals surface area contributed by atoms with Crippen molar-refractivity contribution < 1.29 is 27.4 Å². The number of carbonyl (C=O) groups excluding carboxylic acids is 1. The Bertz CT molecular complexity index is 1050. The van der Waals surface area contributed by atoms with Gasteiger partial charge in [0.2, 0.25) is 15.9 Å². The molecular weight excluding hydrogens is 432 g/mol. The molecule has 0 radical (unpaired) electrons. The molecule has 1 atom stereocenters. The second kappa shape index (κ2) is 10.1. The van der Waals surface area contributed by atoms with E-state index < -0.39 is 22.0 Å². The van der Waals surface area contributed by atoms with Gasteiger partial charge in [-0.15, -0.1) is 0 Å². The van der Waals surface area contributed by atoms with Gasteiger partial charge in [0, 0.05) is 6.07 Å². The number of ether oxygens (including phenoxy) is 3. The number of benzene rings is 2. The Labute approximate surface area is 189 Å². The number of fused-ring (bicyclic) bond motifs is 1. The third kappa shape index (κ3) is 5.64. The standard InChI is InChI=1S/C23H30N2O6S/c1-16(2)19-7-5-6-8-20(19)29-12-11-24-23(26)17(3)25(32(4,27)28)18-9-10-21-22(15-18)31-14-13-30-21/h5-10,15-17H,11-14H2,1-4H3,(H,24,26). The summed E-state index contributed by atoms with van der Waals surface area (Å²) in [6.45, 7) is 7.05. The first-order valence-electron chi connectivity index (χ1n) is 10.6. The number of hydrogen-bond acceptors (Lipinski definition) is 6. The number of rotatable bonds is 9. The highest BCUT2D eigenvalue weighted by Crippen LogP contribution is 2.35. The highest BCUT2D eigenvalue weighted by Gasteiger charge is 2.30. The van der Waals surface area contributed by atoms with Gasteiger partial charge in [0.25, 0.3) is 0 Å². The van der Waals surface area contributed by atoms with Gasteiger partial charge in [0.15, 0.2) is 11.5 Å². The first-order valence-corrected chi connectivity index (χ1v) is 12.4. The fourth-order valence-electron chi connectivity index (χ4n) is 3.55. The topological polar surface area (TPSA) is 94.2 Å². The molecule has 0 bridgehead atoms. The van der Waals surface area contributed by atoms with E-state index in [0.29, 0.717) is 36.3 Å². The van der Waals surface area contributed by atoms with E-state index in [1.807, 2.05) is 24.3 Å². The van der Waals surface area contributed by atoms with Gasteiger partial charge in [0.1, 0.15) is 31.6 Å². The molecule has 0 spiro atoms. The third-order valence-electron chi connectivity index (χ3n) is 5.07. The molecule has 1 amide bonds. The molecular formula is C23H30N2O6S. The average molecular weight is 463 g/mol. The van der Waals surface area contributed by atoms with Gasteiger partial charge in [-0.1, -0.05) is 32.0 Å². The number of anilines is 1. The first-order chi connectivity index (χ1) is 15.2. The zero-order chi connectivity index (χ0) is 23.3. The first kappa shape index (κ1) is 23.7. The fraction of sp³-hybridized carbons (Fsp3) is 0.435. The Morgan fingerprint density at radius 2 is 1.78 bits per heavy atom. The zero-order valence-electron chi connectivity index (χ0n) is 18.8. The molecule has 1 aliphatic rings.